The van der Waals surface area contributed by atoms with Gasteiger partial charge in [-0.3, -0.25) is 0 Å². The van der Waals surface area contributed by atoms with E-state index in [-0.39, 0.29) is 5.57 Å². The number of ether oxygens (including phenoxy) is 3. The molecule has 0 bridgehead atoms. The second kappa shape index (κ2) is 10.4. The zero-order valence-corrected chi connectivity index (χ0v) is 12.7. The molecule has 5 nitrogen and oxygen atoms in total. The summed E-state index contributed by atoms with van der Waals surface area (Å²) in [6.45, 7) is 10.0. The smallest absolute Gasteiger partial charge is 0.352 e. The van der Waals surface area contributed by atoms with Crippen LogP contribution in [0, 0.1) is 11.3 Å². The van der Waals surface area contributed by atoms with Crippen molar-refractivity contribution in [1.29, 1.82) is 5.26 Å². The lowest BCUT2D eigenvalue weighted by Gasteiger charge is -2.31. The van der Waals surface area contributed by atoms with E-state index in [4.69, 9.17) is 19.5 Å². The fraction of sp³-hybridized carbons (Fsp3) is 0.733. The van der Waals surface area contributed by atoms with E-state index >= 15 is 0 Å². The Morgan fingerprint density at radius 1 is 1.15 bits per heavy atom. The van der Waals surface area contributed by atoms with Crippen LogP contribution in [0.5, 0.6) is 0 Å². The van der Waals surface area contributed by atoms with E-state index in [1.807, 2.05) is 6.92 Å². The highest BCUT2D eigenvalue weighted by atomic mass is 16.9. The quantitative estimate of drug-likeness (QED) is 0.191. The second-order valence-electron chi connectivity index (χ2n) is 4.42. The molecule has 0 rings (SSSR count). The molecule has 20 heavy (non-hydrogen) atoms. The molecule has 0 radical (unpaired) electrons. The second-order valence-corrected chi connectivity index (χ2v) is 4.42. The fourth-order valence-corrected chi connectivity index (χ4v) is 1.46. The number of esters is 1. The van der Waals surface area contributed by atoms with Crippen molar-refractivity contribution in [2.24, 2.45) is 0 Å². The molecule has 0 aliphatic rings. The molecule has 1 atom stereocenters. The summed E-state index contributed by atoms with van der Waals surface area (Å²) >= 11 is 0. The summed E-state index contributed by atoms with van der Waals surface area (Å²) in [7, 11) is 0. The van der Waals surface area contributed by atoms with Gasteiger partial charge in [-0.2, -0.15) is 5.26 Å². The first kappa shape index (κ1) is 18.6. The van der Waals surface area contributed by atoms with Gasteiger partial charge in [0.15, 0.2) is 0 Å². The van der Waals surface area contributed by atoms with E-state index in [9.17, 15) is 4.79 Å². The van der Waals surface area contributed by atoms with Gasteiger partial charge < -0.3 is 14.2 Å². The van der Waals surface area contributed by atoms with E-state index in [0.717, 1.165) is 25.7 Å². The maximum Gasteiger partial charge on any atom is 0.352 e. The van der Waals surface area contributed by atoms with E-state index in [1.165, 1.54) is 0 Å². The zero-order chi connectivity index (χ0) is 15.4. The van der Waals surface area contributed by atoms with Gasteiger partial charge in [0, 0.05) is 6.42 Å². The SMILES string of the molecule is C=C(C#N)C(=O)OC(CC)(OCCC)OCCCCC. The zero-order valence-electron chi connectivity index (χ0n) is 12.7. The van der Waals surface area contributed by atoms with Crippen LogP contribution in [0.4, 0.5) is 0 Å². The van der Waals surface area contributed by atoms with Crippen LogP contribution in [0.15, 0.2) is 12.2 Å². The minimum atomic E-state index is -1.42. The van der Waals surface area contributed by atoms with Gasteiger partial charge in [-0.05, 0) is 12.8 Å². The van der Waals surface area contributed by atoms with Gasteiger partial charge in [-0.15, -0.1) is 0 Å². The largest absolute Gasteiger partial charge is 0.404 e. The van der Waals surface area contributed by atoms with Crippen molar-refractivity contribution in [1.82, 2.24) is 0 Å². The lowest BCUT2D eigenvalue weighted by molar-refractivity contribution is -0.362. The molecule has 0 saturated heterocycles. The minimum Gasteiger partial charge on any atom is -0.404 e. The Kier molecular flexibility index (Phi) is 9.69. The number of carbonyl (C=O) groups is 1. The van der Waals surface area contributed by atoms with Crippen LogP contribution in [-0.4, -0.2) is 25.2 Å². The average Bonchev–Trinajstić information content (AvgIpc) is 2.47. The number of unbranched alkanes of at least 4 members (excludes halogenated alkanes) is 2. The van der Waals surface area contributed by atoms with Gasteiger partial charge in [0.25, 0.3) is 0 Å². The summed E-state index contributed by atoms with van der Waals surface area (Å²) < 4.78 is 16.4. The van der Waals surface area contributed by atoms with Crippen LogP contribution < -0.4 is 0 Å². The highest BCUT2D eigenvalue weighted by Gasteiger charge is 2.35. The molecule has 0 aliphatic carbocycles. The Morgan fingerprint density at radius 3 is 2.30 bits per heavy atom. The summed E-state index contributed by atoms with van der Waals surface area (Å²) in [5.41, 5.74) is -0.264. The maximum absolute atomic E-state index is 11.7. The summed E-state index contributed by atoms with van der Waals surface area (Å²) in [6, 6.07) is 1.66. The molecular formula is C15H25NO4. The molecule has 0 spiro atoms. The van der Waals surface area contributed by atoms with Crippen LogP contribution in [0.3, 0.4) is 0 Å². The van der Waals surface area contributed by atoms with E-state index in [0.29, 0.717) is 19.6 Å². The molecule has 0 aromatic rings. The third-order valence-electron chi connectivity index (χ3n) is 2.66. The Bertz CT molecular complexity index is 348. The third kappa shape index (κ3) is 6.69. The Labute approximate surface area is 121 Å². The summed E-state index contributed by atoms with van der Waals surface area (Å²) in [5, 5.41) is 8.66. The molecule has 0 N–H and O–H groups in total. The Hall–Kier alpha value is -1.38. The van der Waals surface area contributed by atoms with Crippen LogP contribution in [0.2, 0.25) is 0 Å². The molecule has 0 aromatic carbocycles. The number of rotatable bonds is 11. The molecule has 1 unspecified atom stereocenters. The van der Waals surface area contributed by atoms with Crippen molar-refractivity contribution in [3.05, 3.63) is 12.2 Å². The summed E-state index contributed by atoms with van der Waals surface area (Å²) in [6.07, 6.45) is 4.10. The number of hydrogen-bond acceptors (Lipinski definition) is 5. The standard InChI is InChI=1S/C15H25NO4/c1-5-8-9-11-19-15(7-3,18-10-6-2)20-14(17)13(4)12-16/h4-11H2,1-3H3. The number of carbonyl (C=O) groups excluding carboxylic acids is 1. The van der Waals surface area contributed by atoms with Crippen molar-refractivity contribution >= 4 is 5.97 Å². The summed E-state index contributed by atoms with van der Waals surface area (Å²) in [4.78, 5) is 11.7. The van der Waals surface area contributed by atoms with Crippen LogP contribution in [-0.2, 0) is 19.0 Å². The van der Waals surface area contributed by atoms with Crippen molar-refractivity contribution in [2.75, 3.05) is 13.2 Å². The molecule has 0 saturated carbocycles. The lowest BCUT2D eigenvalue weighted by atomic mass is 10.3. The normalized spacial score (nSPS) is 13.3. The van der Waals surface area contributed by atoms with Crippen molar-refractivity contribution in [2.45, 2.75) is 58.8 Å². The molecule has 0 fully saturated rings. The highest BCUT2D eigenvalue weighted by molar-refractivity contribution is 5.92. The van der Waals surface area contributed by atoms with Gasteiger partial charge in [-0.25, -0.2) is 4.79 Å². The first-order chi connectivity index (χ1) is 9.55. The number of hydrogen-bond donors (Lipinski definition) is 0. The van der Waals surface area contributed by atoms with E-state index in [2.05, 4.69) is 13.5 Å². The predicted octanol–water partition coefficient (Wildman–Crippen LogP) is 3.31. The Morgan fingerprint density at radius 2 is 1.80 bits per heavy atom. The van der Waals surface area contributed by atoms with Crippen LogP contribution in [0.25, 0.3) is 0 Å². The van der Waals surface area contributed by atoms with Gasteiger partial charge in [0.05, 0.1) is 13.2 Å². The van der Waals surface area contributed by atoms with Gasteiger partial charge in [-0.1, -0.05) is 40.2 Å². The molecule has 0 aromatic heterocycles. The highest BCUT2D eigenvalue weighted by Crippen LogP contribution is 2.22. The first-order valence-electron chi connectivity index (χ1n) is 7.15. The molecule has 5 heteroatoms. The monoisotopic (exact) mass is 283 g/mol. The average molecular weight is 283 g/mol. The van der Waals surface area contributed by atoms with Crippen molar-refractivity contribution < 1.29 is 19.0 Å². The Balaban J connectivity index is 4.69. The lowest BCUT2D eigenvalue weighted by Crippen LogP contribution is -2.41. The molecule has 0 amide bonds. The van der Waals surface area contributed by atoms with Crippen molar-refractivity contribution in [3.63, 3.8) is 0 Å². The first-order valence-corrected chi connectivity index (χ1v) is 7.15. The third-order valence-corrected chi connectivity index (χ3v) is 2.66. The van der Waals surface area contributed by atoms with E-state index in [1.54, 1.807) is 13.0 Å². The fourth-order valence-electron chi connectivity index (χ4n) is 1.46. The molecule has 0 aliphatic heterocycles. The maximum atomic E-state index is 11.7. The number of nitriles is 1. The molecular weight excluding hydrogens is 258 g/mol. The molecule has 114 valence electrons. The van der Waals surface area contributed by atoms with Gasteiger partial charge in [0.2, 0.25) is 0 Å². The van der Waals surface area contributed by atoms with Crippen molar-refractivity contribution in [3.8, 4) is 6.07 Å². The van der Waals surface area contributed by atoms with Crippen LogP contribution in [0.1, 0.15) is 52.9 Å². The summed E-state index contributed by atoms with van der Waals surface area (Å²) in [5.74, 6) is -2.22. The van der Waals surface area contributed by atoms with Crippen LogP contribution >= 0.6 is 0 Å². The minimum absolute atomic E-state index is 0.264. The van der Waals surface area contributed by atoms with E-state index < -0.39 is 11.9 Å². The van der Waals surface area contributed by atoms with Gasteiger partial charge in [0.1, 0.15) is 11.6 Å². The topological polar surface area (TPSA) is 68.6 Å². The van der Waals surface area contributed by atoms with Gasteiger partial charge >= 0.3 is 11.9 Å². The number of nitrogens with zero attached hydrogens (tertiary/aromatic N) is 1. The molecule has 0 heterocycles. The predicted molar refractivity (Wildman–Crippen MR) is 75.6 cm³/mol.